The first-order valence-corrected chi connectivity index (χ1v) is 6.98. The van der Waals surface area contributed by atoms with Crippen molar-refractivity contribution in [3.05, 3.63) is 41.0 Å². The van der Waals surface area contributed by atoms with Gasteiger partial charge in [-0.25, -0.2) is 0 Å². The number of hydrogen-bond acceptors (Lipinski definition) is 5. The predicted molar refractivity (Wildman–Crippen MR) is 74.4 cm³/mol. The lowest BCUT2D eigenvalue weighted by molar-refractivity contribution is 0.240. The summed E-state index contributed by atoms with van der Waals surface area (Å²) in [6.45, 7) is 4.35. The Labute approximate surface area is 118 Å². The third-order valence-electron chi connectivity index (χ3n) is 3.63. The van der Waals surface area contributed by atoms with E-state index in [1.165, 1.54) is 11.1 Å². The summed E-state index contributed by atoms with van der Waals surface area (Å²) >= 11 is 0. The van der Waals surface area contributed by atoms with Crippen molar-refractivity contribution in [3.63, 3.8) is 0 Å². The third-order valence-corrected chi connectivity index (χ3v) is 3.63. The predicted octanol–water partition coefficient (Wildman–Crippen LogP) is 2.72. The molecule has 0 radical (unpaired) electrons. The molecule has 5 heteroatoms. The summed E-state index contributed by atoms with van der Waals surface area (Å²) in [4.78, 5) is 4.31. The van der Waals surface area contributed by atoms with Crippen molar-refractivity contribution in [2.24, 2.45) is 5.73 Å². The topological polar surface area (TPSA) is 74.2 Å². The molecule has 1 atom stereocenters. The molecule has 0 spiro atoms. The Morgan fingerprint density at radius 3 is 3.05 bits per heavy atom. The maximum atomic E-state index is 6.06. The molecule has 1 unspecified atom stereocenters. The van der Waals surface area contributed by atoms with E-state index in [1.807, 2.05) is 26.0 Å². The van der Waals surface area contributed by atoms with Crippen LogP contribution in [0.2, 0.25) is 0 Å². The van der Waals surface area contributed by atoms with Gasteiger partial charge in [0.2, 0.25) is 0 Å². The first-order valence-electron chi connectivity index (χ1n) is 6.98. The van der Waals surface area contributed by atoms with Gasteiger partial charge in [0.1, 0.15) is 5.75 Å². The highest BCUT2D eigenvalue weighted by molar-refractivity contribution is 5.44. The summed E-state index contributed by atoms with van der Waals surface area (Å²) in [5.41, 5.74) is 8.47. The number of nitrogens with two attached hydrogens (primary N) is 1. The second kappa shape index (κ2) is 5.25. The molecule has 2 aromatic rings. The molecule has 1 heterocycles. The van der Waals surface area contributed by atoms with Gasteiger partial charge in [0.15, 0.2) is 12.4 Å². The monoisotopic (exact) mass is 273 g/mol. The molecule has 1 aliphatic rings. The molecule has 2 N–H and O–H groups in total. The Kier molecular flexibility index (Phi) is 3.44. The van der Waals surface area contributed by atoms with Crippen molar-refractivity contribution in [2.45, 2.75) is 45.3 Å². The Hall–Kier alpha value is -1.88. The first kappa shape index (κ1) is 13.1. The number of hydrogen-bond donors (Lipinski definition) is 1. The van der Waals surface area contributed by atoms with Crippen LogP contribution in [0.15, 0.2) is 22.7 Å². The highest BCUT2D eigenvalue weighted by Crippen LogP contribution is 2.35. The fraction of sp³-hybridized carbons (Fsp3) is 0.467. The molecule has 1 aliphatic carbocycles. The fourth-order valence-corrected chi connectivity index (χ4v) is 2.49. The van der Waals surface area contributed by atoms with Crippen LogP contribution in [0.25, 0.3) is 0 Å². The molecule has 0 aliphatic heterocycles. The largest absolute Gasteiger partial charge is 0.483 e. The van der Waals surface area contributed by atoms with E-state index in [1.54, 1.807) is 0 Å². The van der Waals surface area contributed by atoms with Crippen LogP contribution >= 0.6 is 0 Å². The van der Waals surface area contributed by atoms with Gasteiger partial charge in [-0.1, -0.05) is 31.1 Å². The highest BCUT2D eigenvalue weighted by Gasteiger charge is 2.22. The number of fused-ring (bicyclic) bond motifs is 1. The molecule has 1 aromatic carbocycles. The van der Waals surface area contributed by atoms with E-state index in [4.69, 9.17) is 15.0 Å². The summed E-state index contributed by atoms with van der Waals surface area (Å²) in [5.74, 6) is 2.35. The van der Waals surface area contributed by atoms with Crippen LogP contribution < -0.4 is 10.5 Å². The van der Waals surface area contributed by atoms with Gasteiger partial charge >= 0.3 is 0 Å². The molecule has 0 bridgehead atoms. The number of ether oxygens (including phenoxy) is 1. The second-order valence-electron chi connectivity index (χ2n) is 5.46. The van der Waals surface area contributed by atoms with E-state index in [0.717, 1.165) is 18.6 Å². The molecular weight excluding hydrogens is 254 g/mol. The van der Waals surface area contributed by atoms with E-state index < -0.39 is 0 Å². The van der Waals surface area contributed by atoms with Gasteiger partial charge in [0, 0.05) is 12.0 Å². The van der Waals surface area contributed by atoms with Gasteiger partial charge < -0.3 is 15.0 Å². The molecule has 0 fully saturated rings. The molecule has 0 amide bonds. The number of rotatable bonds is 4. The molecule has 20 heavy (non-hydrogen) atoms. The van der Waals surface area contributed by atoms with Crippen LogP contribution in [0.4, 0.5) is 0 Å². The van der Waals surface area contributed by atoms with Crippen LogP contribution in [0, 0.1) is 0 Å². The zero-order valence-electron chi connectivity index (χ0n) is 11.8. The van der Waals surface area contributed by atoms with Crippen molar-refractivity contribution in [1.29, 1.82) is 0 Å². The van der Waals surface area contributed by atoms with Crippen molar-refractivity contribution in [1.82, 2.24) is 10.1 Å². The number of benzene rings is 1. The Morgan fingerprint density at radius 2 is 2.30 bits per heavy atom. The van der Waals surface area contributed by atoms with E-state index >= 15 is 0 Å². The van der Waals surface area contributed by atoms with Gasteiger partial charge in [0.25, 0.3) is 5.89 Å². The number of nitrogens with zero attached hydrogens (tertiary/aromatic N) is 2. The van der Waals surface area contributed by atoms with Gasteiger partial charge in [-0.3, -0.25) is 0 Å². The normalized spacial score (nSPS) is 17.5. The number of aromatic nitrogens is 2. The van der Waals surface area contributed by atoms with Crippen molar-refractivity contribution in [2.75, 3.05) is 0 Å². The van der Waals surface area contributed by atoms with E-state index in [9.17, 15) is 0 Å². The van der Waals surface area contributed by atoms with Crippen molar-refractivity contribution < 1.29 is 9.26 Å². The van der Waals surface area contributed by atoms with Gasteiger partial charge in [-0.05, 0) is 30.0 Å². The highest BCUT2D eigenvalue weighted by atomic mass is 16.5. The van der Waals surface area contributed by atoms with Crippen molar-refractivity contribution in [3.8, 4) is 5.75 Å². The maximum Gasteiger partial charge on any atom is 0.264 e. The second-order valence-corrected chi connectivity index (χ2v) is 5.46. The standard InChI is InChI=1S/C15H19N3O2/c1-9(2)15-17-14(20-18-15)8-19-13-5-3-4-10-11(13)6-7-12(10)16/h3-5,9,12H,6-8,16H2,1-2H3. The average Bonchev–Trinajstić information content (AvgIpc) is 3.04. The van der Waals surface area contributed by atoms with Gasteiger partial charge in [-0.15, -0.1) is 0 Å². The minimum Gasteiger partial charge on any atom is -0.483 e. The fourth-order valence-electron chi connectivity index (χ4n) is 2.49. The first-order chi connectivity index (χ1) is 9.65. The van der Waals surface area contributed by atoms with E-state index in [0.29, 0.717) is 18.3 Å². The Bertz CT molecular complexity index is 607. The smallest absolute Gasteiger partial charge is 0.264 e. The molecule has 1 aromatic heterocycles. The molecule has 5 nitrogen and oxygen atoms in total. The van der Waals surface area contributed by atoms with Crippen LogP contribution in [0.3, 0.4) is 0 Å². The lowest BCUT2D eigenvalue weighted by Crippen LogP contribution is -2.05. The Balaban J connectivity index is 1.73. The van der Waals surface area contributed by atoms with Crippen LogP contribution in [-0.4, -0.2) is 10.1 Å². The van der Waals surface area contributed by atoms with E-state index in [2.05, 4.69) is 16.2 Å². The quantitative estimate of drug-likeness (QED) is 0.927. The van der Waals surface area contributed by atoms with Crippen LogP contribution in [0.5, 0.6) is 5.75 Å². The zero-order valence-corrected chi connectivity index (χ0v) is 11.8. The summed E-state index contributed by atoms with van der Waals surface area (Å²) < 4.78 is 11.0. The van der Waals surface area contributed by atoms with Gasteiger partial charge in [-0.2, -0.15) is 4.98 Å². The molecule has 3 rings (SSSR count). The molecule has 106 valence electrons. The Morgan fingerprint density at radius 1 is 1.45 bits per heavy atom. The van der Waals surface area contributed by atoms with Crippen LogP contribution in [0.1, 0.15) is 55.1 Å². The SMILES string of the molecule is CC(C)c1noc(COc2cccc3c2CCC3N)n1. The molecular formula is C15H19N3O2. The zero-order chi connectivity index (χ0) is 14.1. The molecule has 0 saturated carbocycles. The summed E-state index contributed by atoms with van der Waals surface area (Å²) in [6.07, 6.45) is 1.95. The minimum atomic E-state index is 0.129. The average molecular weight is 273 g/mol. The minimum absolute atomic E-state index is 0.129. The van der Waals surface area contributed by atoms with Crippen LogP contribution in [-0.2, 0) is 13.0 Å². The van der Waals surface area contributed by atoms with Gasteiger partial charge in [0.05, 0.1) is 0 Å². The summed E-state index contributed by atoms with van der Waals surface area (Å²) in [5, 5.41) is 3.93. The third kappa shape index (κ3) is 2.41. The van der Waals surface area contributed by atoms with E-state index in [-0.39, 0.29) is 12.0 Å². The molecule has 0 saturated heterocycles. The summed E-state index contributed by atoms with van der Waals surface area (Å²) in [7, 11) is 0. The maximum absolute atomic E-state index is 6.06. The lowest BCUT2D eigenvalue weighted by Gasteiger charge is -2.10. The lowest BCUT2D eigenvalue weighted by atomic mass is 10.1. The van der Waals surface area contributed by atoms with Crippen molar-refractivity contribution >= 4 is 0 Å². The summed E-state index contributed by atoms with van der Waals surface area (Å²) in [6, 6.07) is 6.15.